The van der Waals surface area contributed by atoms with E-state index in [0.29, 0.717) is 11.5 Å². The molecule has 1 amide bonds. The van der Waals surface area contributed by atoms with Crippen LogP contribution in [-0.2, 0) is 0 Å². The SMILES string of the molecule is O=C(c1cc(-c2ccco2)[nH]n1)N1CCN(C2CCCC2)CC1. The average Bonchev–Trinajstić information content (AvgIpc) is 3.36. The van der Waals surface area contributed by atoms with Crippen LogP contribution in [0, 0.1) is 0 Å². The van der Waals surface area contributed by atoms with Gasteiger partial charge in [0.2, 0.25) is 0 Å². The molecule has 6 nitrogen and oxygen atoms in total. The Hall–Kier alpha value is -2.08. The van der Waals surface area contributed by atoms with Crippen LogP contribution in [-0.4, -0.2) is 58.1 Å². The third kappa shape index (κ3) is 2.91. The van der Waals surface area contributed by atoms with E-state index in [1.807, 2.05) is 17.0 Å². The second-order valence-corrected chi connectivity index (χ2v) is 6.41. The van der Waals surface area contributed by atoms with E-state index in [4.69, 9.17) is 4.42 Å². The highest BCUT2D eigenvalue weighted by Crippen LogP contribution is 2.25. The zero-order valence-corrected chi connectivity index (χ0v) is 13.2. The Morgan fingerprint density at radius 1 is 1.22 bits per heavy atom. The van der Waals surface area contributed by atoms with Crippen LogP contribution < -0.4 is 0 Å². The van der Waals surface area contributed by atoms with E-state index in [9.17, 15) is 4.79 Å². The van der Waals surface area contributed by atoms with Crippen LogP contribution in [0.3, 0.4) is 0 Å². The minimum absolute atomic E-state index is 0.00475. The monoisotopic (exact) mass is 314 g/mol. The molecule has 1 saturated heterocycles. The zero-order chi connectivity index (χ0) is 15.6. The summed E-state index contributed by atoms with van der Waals surface area (Å²) < 4.78 is 5.33. The normalized spacial score (nSPS) is 20.3. The van der Waals surface area contributed by atoms with Gasteiger partial charge in [0.1, 0.15) is 5.69 Å². The number of H-pyrrole nitrogens is 1. The van der Waals surface area contributed by atoms with E-state index in [0.717, 1.165) is 37.9 Å². The molecule has 1 saturated carbocycles. The lowest BCUT2D eigenvalue weighted by atomic mass is 10.1. The molecule has 2 aliphatic rings. The third-order valence-electron chi connectivity index (χ3n) is 5.03. The maximum atomic E-state index is 12.6. The van der Waals surface area contributed by atoms with Crippen molar-refractivity contribution in [2.45, 2.75) is 31.7 Å². The number of carbonyl (C=O) groups excluding carboxylic acids is 1. The molecule has 4 rings (SSSR count). The molecule has 1 N–H and O–H groups in total. The molecule has 122 valence electrons. The number of amides is 1. The molecule has 2 aromatic rings. The molecule has 2 aromatic heterocycles. The highest BCUT2D eigenvalue weighted by Gasteiger charge is 2.29. The van der Waals surface area contributed by atoms with Crippen molar-refractivity contribution in [3.63, 3.8) is 0 Å². The third-order valence-corrected chi connectivity index (χ3v) is 5.03. The number of nitrogens with one attached hydrogen (secondary N) is 1. The van der Waals surface area contributed by atoms with Crippen molar-refractivity contribution in [2.24, 2.45) is 0 Å². The van der Waals surface area contributed by atoms with Crippen LogP contribution in [0.5, 0.6) is 0 Å². The number of furan rings is 1. The Balaban J connectivity index is 1.38. The van der Waals surface area contributed by atoms with Gasteiger partial charge >= 0.3 is 0 Å². The lowest BCUT2D eigenvalue weighted by Gasteiger charge is -2.37. The topological polar surface area (TPSA) is 65.4 Å². The molecular formula is C17H22N4O2. The van der Waals surface area contributed by atoms with E-state index in [1.165, 1.54) is 25.7 Å². The number of hydrogen-bond donors (Lipinski definition) is 1. The zero-order valence-electron chi connectivity index (χ0n) is 13.2. The first-order chi connectivity index (χ1) is 11.3. The number of nitrogens with zero attached hydrogens (tertiary/aromatic N) is 3. The summed E-state index contributed by atoms with van der Waals surface area (Å²) in [6.07, 6.45) is 6.96. The van der Waals surface area contributed by atoms with Gasteiger partial charge in [0, 0.05) is 38.3 Å². The van der Waals surface area contributed by atoms with E-state index < -0.39 is 0 Å². The summed E-state index contributed by atoms with van der Waals surface area (Å²) in [7, 11) is 0. The molecule has 0 bridgehead atoms. The highest BCUT2D eigenvalue weighted by atomic mass is 16.3. The lowest BCUT2D eigenvalue weighted by molar-refractivity contribution is 0.0568. The van der Waals surface area contributed by atoms with Crippen molar-refractivity contribution >= 4 is 5.91 Å². The molecule has 0 radical (unpaired) electrons. The van der Waals surface area contributed by atoms with Crippen molar-refractivity contribution in [3.05, 3.63) is 30.2 Å². The van der Waals surface area contributed by atoms with Gasteiger partial charge in [0.25, 0.3) is 5.91 Å². The van der Waals surface area contributed by atoms with Gasteiger partial charge in [0.05, 0.1) is 6.26 Å². The molecule has 0 spiro atoms. The second kappa shape index (κ2) is 6.20. The van der Waals surface area contributed by atoms with Crippen molar-refractivity contribution < 1.29 is 9.21 Å². The van der Waals surface area contributed by atoms with E-state index >= 15 is 0 Å². The first kappa shape index (κ1) is 14.5. The maximum Gasteiger partial charge on any atom is 0.274 e. The smallest absolute Gasteiger partial charge is 0.274 e. The fraction of sp³-hybridized carbons (Fsp3) is 0.529. The number of aromatic nitrogens is 2. The van der Waals surface area contributed by atoms with Gasteiger partial charge in [-0.15, -0.1) is 0 Å². The van der Waals surface area contributed by atoms with E-state index in [-0.39, 0.29) is 5.91 Å². The van der Waals surface area contributed by atoms with Crippen LogP contribution in [0.15, 0.2) is 28.9 Å². The van der Waals surface area contributed by atoms with Crippen molar-refractivity contribution in [1.82, 2.24) is 20.0 Å². The number of piperazine rings is 1. The molecule has 0 aromatic carbocycles. The van der Waals surface area contributed by atoms with E-state index in [1.54, 1.807) is 12.3 Å². The average molecular weight is 314 g/mol. The lowest BCUT2D eigenvalue weighted by Crippen LogP contribution is -2.51. The van der Waals surface area contributed by atoms with Gasteiger partial charge in [-0.25, -0.2) is 0 Å². The van der Waals surface area contributed by atoms with E-state index in [2.05, 4.69) is 15.1 Å². The van der Waals surface area contributed by atoms with Crippen molar-refractivity contribution in [2.75, 3.05) is 26.2 Å². The van der Waals surface area contributed by atoms with Gasteiger partial charge in [-0.05, 0) is 25.0 Å². The largest absolute Gasteiger partial charge is 0.463 e. The van der Waals surface area contributed by atoms with Crippen LogP contribution in [0.4, 0.5) is 0 Å². The quantitative estimate of drug-likeness (QED) is 0.944. The Labute approximate surface area is 135 Å². The summed E-state index contributed by atoms with van der Waals surface area (Å²) in [6.45, 7) is 3.54. The summed E-state index contributed by atoms with van der Waals surface area (Å²) in [5.41, 5.74) is 1.20. The number of carbonyl (C=O) groups is 1. The minimum Gasteiger partial charge on any atom is -0.463 e. The summed E-state index contributed by atoms with van der Waals surface area (Å²) in [5.74, 6) is 0.702. The Morgan fingerprint density at radius 3 is 2.70 bits per heavy atom. The highest BCUT2D eigenvalue weighted by molar-refractivity contribution is 5.93. The second-order valence-electron chi connectivity index (χ2n) is 6.41. The van der Waals surface area contributed by atoms with Gasteiger partial charge in [-0.2, -0.15) is 5.10 Å². The number of aromatic amines is 1. The van der Waals surface area contributed by atoms with Crippen LogP contribution in [0.2, 0.25) is 0 Å². The summed E-state index contributed by atoms with van der Waals surface area (Å²) in [6, 6.07) is 6.18. The summed E-state index contributed by atoms with van der Waals surface area (Å²) >= 11 is 0. The van der Waals surface area contributed by atoms with Crippen molar-refractivity contribution in [1.29, 1.82) is 0 Å². The van der Waals surface area contributed by atoms with Gasteiger partial charge in [-0.3, -0.25) is 14.8 Å². The molecule has 2 fully saturated rings. The molecule has 23 heavy (non-hydrogen) atoms. The number of hydrogen-bond acceptors (Lipinski definition) is 4. The molecule has 1 aliphatic heterocycles. The standard InChI is InChI=1S/C17H22N4O2/c22-17(15-12-14(18-19-15)16-6-3-11-23-16)21-9-7-20(8-10-21)13-4-1-2-5-13/h3,6,11-13H,1-2,4-5,7-10H2,(H,18,19). The predicted molar refractivity (Wildman–Crippen MR) is 86.0 cm³/mol. The molecule has 6 heteroatoms. The number of rotatable bonds is 3. The fourth-order valence-corrected chi connectivity index (χ4v) is 3.71. The minimum atomic E-state index is 0.00475. The Morgan fingerprint density at radius 2 is 2.00 bits per heavy atom. The fourth-order valence-electron chi connectivity index (χ4n) is 3.71. The first-order valence-corrected chi connectivity index (χ1v) is 8.44. The Kier molecular flexibility index (Phi) is 3.91. The van der Waals surface area contributed by atoms with Crippen LogP contribution in [0.25, 0.3) is 11.5 Å². The van der Waals surface area contributed by atoms with Crippen LogP contribution in [0.1, 0.15) is 36.2 Å². The predicted octanol–water partition coefficient (Wildman–Crippen LogP) is 2.37. The molecular weight excluding hydrogens is 292 g/mol. The summed E-state index contributed by atoms with van der Waals surface area (Å²) in [5, 5.41) is 7.03. The molecule has 0 unspecified atom stereocenters. The van der Waals surface area contributed by atoms with Gasteiger partial charge < -0.3 is 9.32 Å². The maximum absolute atomic E-state index is 12.6. The van der Waals surface area contributed by atoms with Crippen LogP contribution >= 0.6 is 0 Å². The Bertz CT molecular complexity index is 650. The molecule has 3 heterocycles. The summed E-state index contributed by atoms with van der Waals surface area (Å²) in [4.78, 5) is 17.1. The first-order valence-electron chi connectivity index (χ1n) is 8.44. The molecule has 0 atom stereocenters. The molecule has 1 aliphatic carbocycles. The van der Waals surface area contributed by atoms with Gasteiger partial charge in [-0.1, -0.05) is 12.8 Å². The van der Waals surface area contributed by atoms with Crippen molar-refractivity contribution in [3.8, 4) is 11.5 Å². The van der Waals surface area contributed by atoms with Gasteiger partial charge in [0.15, 0.2) is 11.5 Å².